The molecular formula is C22H27NO3. The van der Waals surface area contributed by atoms with Crippen molar-refractivity contribution in [1.29, 1.82) is 0 Å². The second kappa shape index (κ2) is 9.51. The number of carbonyl (C=O) groups excluding carboxylic acids is 1. The molecule has 0 bridgehead atoms. The molecule has 4 heteroatoms. The molecule has 1 fully saturated rings. The molecule has 0 saturated carbocycles. The van der Waals surface area contributed by atoms with Gasteiger partial charge < -0.3 is 14.4 Å². The zero-order chi connectivity index (χ0) is 18.2. The maximum atomic E-state index is 12.4. The lowest BCUT2D eigenvalue weighted by atomic mass is 9.99. The van der Waals surface area contributed by atoms with Crippen LogP contribution < -0.4 is 0 Å². The fraction of sp³-hybridized carbons (Fsp3) is 0.409. The van der Waals surface area contributed by atoms with E-state index in [0.29, 0.717) is 26.2 Å². The van der Waals surface area contributed by atoms with Gasteiger partial charge in [-0.05, 0) is 29.5 Å². The normalized spacial score (nSPS) is 16.6. The number of rotatable bonds is 8. The van der Waals surface area contributed by atoms with Gasteiger partial charge in [0.25, 0.3) is 0 Å². The van der Waals surface area contributed by atoms with Crippen LogP contribution >= 0.6 is 0 Å². The van der Waals surface area contributed by atoms with Crippen molar-refractivity contribution < 1.29 is 14.3 Å². The Morgan fingerprint density at radius 1 is 1.15 bits per heavy atom. The maximum Gasteiger partial charge on any atom is 0.224 e. The average Bonchev–Trinajstić information content (AvgIpc) is 3.19. The Morgan fingerprint density at radius 3 is 2.69 bits per heavy atom. The number of carbonyl (C=O) groups is 1. The molecule has 0 spiro atoms. The van der Waals surface area contributed by atoms with E-state index in [2.05, 4.69) is 24.3 Å². The van der Waals surface area contributed by atoms with E-state index >= 15 is 0 Å². The summed E-state index contributed by atoms with van der Waals surface area (Å²) in [6.07, 6.45) is 2.78. The molecule has 3 rings (SSSR count). The van der Waals surface area contributed by atoms with Crippen molar-refractivity contribution in [2.45, 2.75) is 31.9 Å². The molecule has 138 valence electrons. The first-order valence-electron chi connectivity index (χ1n) is 9.30. The molecular weight excluding hydrogens is 326 g/mol. The molecule has 2 aromatic rings. The van der Waals surface area contributed by atoms with Gasteiger partial charge in [0, 0.05) is 20.2 Å². The predicted molar refractivity (Wildman–Crippen MR) is 103 cm³/mol. The van der Waals surface area contributed by atoms with Crippen LogP contribution in [0.2, 0.25) is 0 Å². The van der Waals surface area contributed by atoms with Crippen LogP contribution in [0.25, 0.3) is 11.1 Å². The summed E-state index contributed by atoms with van der Waals surface area (Å²) in [5, 5.41) is 0. The van der Waals surface area contributed by atoms with Crippen molar-refractivity contribution in [1.82, 2.24) is 4.90 Å². The molecule has 1 heterocycles. The van der Waals surface area contributed by atoms with E-state index < -0.39 is 0 Å². The number of hydrogen-bond acceptors (Lipinski definition) is 3. The van der Waals surface area contributed by atoms with Crippen LogP contribution in [-0.2, 0) is 20.8 Å². The molecule has 0 radical (unpaired) electrons. The van der Waals surface area contributed by atoms with Crippen LogP contribution in [0.1, 0.15) is 24.8 Å². The highest BCUT2D eigenvalue weighted by atomic mass is 16.5. The van der Waals surface area contributed by atoms with E-state index in [-0.39, 0.29) is 12.0 Å². The highest BCUT2D eigenvalue weighted by molar-refractivity contribution is 5.76. The molecule has 2 aromatic carbocycles. The lowest BCUT2D eigenvalue weighted by Crippen LogP contribution is -2.27. The molecule has 0 aliphatic carbocycles. The SMILES string of the molecule is CN(Cc1ccccc1-c1ccccc1)C(=O)CCOCC1CCCO1. The van der Waals surface area contributed by atoms with E-state index in [1.807, 2.05) is 37.4 Å². The third kappa shape index (κ3) is 5.16. The summed E-state index contributed by atoms with van der Waals surface area (Å²) in [5.74, 6) is 0.0974. The second-order valence-electron chi connectivity index (χ2n) is 6.73. The monoisotopic (exact) mass is 353 g/mol. The Balaban J connectivity index is 1.51. The summed E-state index contributed by atoms with van der Waals surface area (Å²) in [7, 11) is 1.85. The Kier molecular flexibility index (Phi) is 6.81. The van der Waals surface area contributed by atoms with E-state index in [0.717, 1.165) is 25.0 Å². The quantitative estimate of drug-likeness (QED) is 0.676. The topological polar surface area (TPSA) is 38.8 Å². The van der Waals surface area contributed by atoms with Crippen LogP contribution in [-0.4, -0.2) is 43.8 Å². The fourth-order valence-electron chi connectivity index (χ4n) is 3.24. The van der Waals surface area contributed by atoms with Gasteiger partial charge in [0.2, 0.25) is 5.91 Å². The Labute approximate surface area is 155 Å². The molecule has 26 heavy (non-hydrogen) atoms. The summed E-state index contributed by atoms with van der Waals surface area (Å²) in [6.45, 7) is 2.46. The van der Waals surface area contributed by atoms with Gasteiger partial charge in [-0.15, -0.1) is 0 Å². The van der Waals surface area contributed by atoms with Crippen molar-refractivity contribution >= 4 is 5.91 Å². The van der Waals surface area contributed by atoms with Crippen molar-refractivity contribution in [3.05, 3.63) is 60.2 Å². The van der Waals surface area contributed by atoms with Crippen molar-refractivity contribution in [2.75, 3.05) is 26.9 Å². The standard InChI is InChI=1S/C22H27NO3/c1-23(22(24)13-15-25-17-20-11-7-14-26-20)16-19-10-5-6-12-21(19)18-8-3-2-4-9-18/h2-6,8-10,12,20H,7,11,13-17H2,1H3. The first kappa shape index (κ1) is 18.6. The molecule has 1 amide bonds. The summed E-state index contributed by atoms with van der Waals surface area (Å²) < 4.78 is 11.1. The van der Waals surface area contributed by atoms with Gasteiger partial charge in [0.05, 0.1) is 25.7 Å². The fourth-order valence-corrected chi connectivity index (χ4v) is 3.24. The largest absolute Gasteiger partial charge is 0.378 e. The van der Waals surface area contributed by atoms with Crippen LogP contribution in [0.4, 0.5) is 0 Å². The van der Waals surface area contributed by atoms with E-state index in [1.54, 1.807) is 4.90 Å². The highest BCUT2D eigenvalue weighted by Crippen LogP contribution is 2.24. The van der Waals surface area contributed by atoms with Crippen molar-refractivity contribution in [2.24, 2.45) is 0 Å². The predicted octanol–water partition coefficient (Wildman–Crippen LogP) is 3.90. The van der Waals surface area contributed by atoms with E-state index in [1.165, 1.54) is 11.1 Å². The molecule has 0 aromatic heterocycles. The third-order valence-corrected chi connectivity index (χ3v) is 4.72. The molecule has 1 aliphatic heterocycles. The number of amides is 1. The lowest BCUT2D eigenvalue weighted by molar-refractivity contribution is -0.131. The van der Waals surface area contributed by atoms with Gasteiger partial charge in [-0.25, -0.2) is 0 Å². The van der Waals surface area contributed by atoms with Gasteiger partial charge in [-0.3, -0.25) is 4.79 Å². The number of nitrogens with zero attached hydrogens (tertiary/aromatic N) is 1. The molecule has 1 aliphatic rings. The lowest BCUT2D eigenvalue weighted by Gasteiger charge is -2.20. The summed E-state index contributed by atoms with van der Waals surface area (Å²) in [5.41, 5.74) is 3.49. The molecule has 0 N–H and O–H groups in total. The minimum absolute atomic E-state index is 0.0974. The van der Waals surface area contributed by atoms with Gasteiger partial charge >= 0.3 is 0 Å². The average molecular weight is 353 g/mol. The van der Waals surface area contributed by atoms with Gasteiger partial charge in [0.1, 0.15) is 0 Å². The minimum atomic E-state index is 0.0974. The Bertz CT molecular complexity index is 696. The minimum Gasteiger partial charge on any atom is -0.378 e. The van der Waals surface area contributed by atoms with Crippen LogP contribution in [0, 0.1) is 0 Å². The molecule has 1 atom stereocenters. The highest BCUT2D eigenvalue weighted by Gasteiger charge is 2.16. The first-order chi connectivity index (χ1) is 12.7. The summed E-state index contributed by atoms with van der Waals surface area (Å²) in [4.78, 5) is 14.2. The van der Waals surface area contributed by atoms with E-state index in [4.69, 9.17) is 9.47 Å². The number of ether oxygens (including phenoxy) is 2. The maximum absolute atomic E-state index is 12.4. The zero-order valence-corrected chi connectivity index (χ0v) is 15.4. The Morgan fingerprint density at radius 2 is 1.92 bits per heavy atom. The van der Waals surface area contributed by atoms with Crippen LogP contribution in [0.5, 0.6) is 0 Å². The first-order valence-corrected chi connectivity index (χ1v) is 9.30. The smallest absolute Gasteiger partial charge is 0.224 e. The third-order valence-electron chi connectivity index (χ3n) is 4.72. The Hall–Kier alpha value is -2.17. The van der Waals surface area contributed by atoms with Crippen LogP contribution in [0.3, 0.4) is 0 Å². The number of hydrogen-bond donors (Lipinski definition) is 0. The molecule has 4 nitrogen and oxygen atoms in total. The van der Waals surface area contributed by atoms with Gasteiger partial charge in [-0.2, -0.15) is 0 Å². The van der Waals surface area contributed by atoms with E-state index in [9.17, 15) is 4.79 Å². The molecule has 1 unspecified atom stereocenters. The second-order valence-corrected chi connectivity index (χ2v) is 6.73. The molecule has 1 saturated heterocycles. The summed E-state index contributed by atoms with van der Waals surface area (Å²) >= 11 is 0. The van der Waals surface area contributed by atoms with Gasteiger partial charge in [-0.1, -0.05) is 54.6 Å². The van der Waals surface area contributed by atoms with Crippen LogP contribution in [0.15, 0.2) is 54.6 Å². The van der Waals surface area contributed by atoms with Crippen molar-refractivity contribution in [3.8, 4) is 11.1 Å². The number of benzene rings is 2. The zero-order valence-electron chi connectivity index (χ0n) is 15.4. The van der Waals surface area contributed by atoms with Gasteiger partial charge in [0.15, 0.2) is 0 Å². The van der Waals surface area contributed by atoms with Crippen molar-refractivity contribution in [3.63, 3.8) is 0 Å². The summed E-state index contributed by atoms with van der Waals surface area (Å²) in [6, 6.07) is 18.5.